The molecule has 1 aromatic carbocycles. The minimum Gasteiger partial charge on any atom is -0.451 e. The number of rotatable bonds is 3. The van der Waals surface area contributed by atoms with Gasteiger partial charge >= 0.3 is 0 Å². The highest BCUT2D eigenvalue weighted by Gasteiger charge is 2.13. The van der Waals surface area contributed by atoms with Crippen molar-refractivity contribution in [3.8, 4) is 0 Å². The van der Waals surface area contributed by atoms with Crippen molar-refractivity contribution in [3.05, 3.63) is 48.2 Å². The minimum absolute atomic E-state index is 0.0996. The molecule has 1 N–H and O–H groups in total. The Kier molecular flexibility index (Phi) is 3.69. The van der Waals surface area contributed by atoms with Gasteiger partial charge in [0.1, 0.15) is 6.26 Å². The SMILES string of the molecule is CC(C)(C)c1ccc(NC(=O)Cc2cocn2)cc1. The fraction of sp³-hybridized carbons (Fsp3) is 0.333. The van der Waals surface area contributed by atoms with E-state index >= 15 is 0 Å². The molecule has 0 unspecified atom stereocenters. The normalized spacial score (nSPS) is 11.3. The van der Waals surface area contributed by atoms with Crippen molar-refractivity contribution in [1.82, 2.24) is 4.98 Å². The molecule has 0 aliphatic rings. The second-order valence-corrected chi connectivity index (χ2v) is 5.53. The maximum atomic E-state index is 11.8. The number of carbonyl (C=O) groups excluding carboxylic acids is 1. The lowest BCUT2D eigenvalue weighted by Gasteiger charge is -2.19. The van der Waals surface area contributed by atoms with Crippen LogP contribution in [0.25, 0.3) is 0 Å². The van der Waals surface area contributed by atoms with Crippen molar-refractivity contribution in [2.24, 2.45) is 0 Å². The van der Waals surface area contributed by atoms with E-state index in [1.807, 2.05) is 24.3 Å². The second kappa shape index (κ2) is 5.26. The number of amides is 1. The van der Waals surface area contributed by atoms with E-state index < -0.39 is 0 Å². The first-order valence-electron chi connectivity index (χ1n) is 6.22. The zero-order valence-corrected chi connectivity index (χ0v) is 11.4. The van der Waals surface area contributed by atoms with E-state index in [9.17, 15) is 4.79 Å². The van der Waals surface area contributed by atoms with E-state index in [2.05, 4.69) is 31.1 Å². The first-order valence-corrected chi connectivity index (χ1v) is 6.22. The molecular formula is C15H18N2O2. The van der Waals surface area contributed by atoms with Crippen molar-refractivity contribution >= 4 is 11.6 Å². The average Bonchev–Trinajstić information content (AvgIpc) is 2.81. The van der Waals surface area contributed by atoms with Crippen LogP contribution in [0.4, 0.5) is 5.69 Å². The Morgan fingerprint density at radius 2 is 1.95 bits per heavy atom. The van der Waals surface area contributed by atoms with Crippen molar-refractivity contribution in [2.75, 3.05) is 5.32 Å². The van der Waals surface area contributed by atoms with Gasteiger partial charge in [0, 0.05) is 5.69 Å². The average molecular weight is 258 g/mol. The van der Waals surface area contributed by atoms with E-state index in [1.54, 1.807) is 0 Å². The van der Waals surface area contributed by atoms with Crippen LogP contribution in [0.3, 0.4) is 0 Å². The summed E-state index contributed by atoms with van der Waals surface area (Å²) in [5.74, 6) is -0.0996. The predicted molar refractivity (Wildman–Crippen MR) is 74.0 cm³/mol. The second-order valence-electron chi connectivity index (χ2n) is 5.53. The highest BCUT2D eigenvalue weighted by atomic mass is 16.3. The van der Waals surface area contributed by atoms with Gasteiger partial charge in [-0.05, 0) is 23.1 Å². The van der Waals surface area contributed by atoms with Gasteiger partial charge in [0.2, 0.25) is 5.91 Å². The quantitative estimate of drug-likeness (QED) is 0.920. The van der Waals surface area contributed by atoms with Crippen LogP contribution in [0, 0.1) is 0 Å². The molecule has 2 rings (SSSR count). The van der Waals surface area contributed by atoms with E-state index in [0.717, 1.165) is 5.69 Å². The molecule has 1 heterocycles. The Morgan fingerprint density at radius 1 is 1.26 bits per heavy atom. The number of nitrogens with zero attached hydrogens (tertiary/aromatic N) is 1. The van der Waals surface area contributed by atoms with Crippen LogP contribution in [0.1, 0.15) is 32.0 Å². The topological polar surface area (TPSA) is 55.1 Å². The Labute approximate surface area is 112 Å². The van der Waals surface area contributed by atoms with Crippen molar-refractivity contribution in [2.45, 2.75) is 32.6 Å². The van der Waals surface area contributed by atoms with Gasteiger partial charge in [0.05, 0.1) is 12.1 Å². The fourth-order valence-corrected chi connectivity index (χ4v) is 1.75. The third-order valence-electron chi connectivity index (χ3n) is 2.86. The summed E-state index contributed by atoms with van der Waals surface area (Å²) in [7, 11) is 0. The summed E-state index contributed by atoms with van der Waals surface area (Å²) in [5, 5.41) is 2.84. The summed E-state index contributed by atoms with van der Waals surface area (Å²) in [5.41, 5.74) is 2.77. The fourth-order valence-electron chi connectivity index (χ4n) is 1.75. The monoisotopic (exact) mass is 258 g/mol. The molecule has 0 fully saturated rings. The van der Waals surface area contributed by atoms with Crippen LogP contribution in [0.2, 0.25) is 0 Å². The Bertz CT molecular complexity index is 537. The Hall–Kier alpha value is -2.10. The first kappa shape index (κ1) is 13.3. The third-order valence-corrected chi connectivity index (χ3v) is 2.86. The van der Waals surface area contributed by atoms with Gasteiger partial charge in [-0.2, -0.15) is 0 Å². The van der Waals surface area contributed by atoms with Gasteiger partial charge in [-0.15, -0.1) is 0 Å². The summed E-state index contributed by atoms with van der Waals surface area (Å²) in [6, 6.07) is 7.90. The molecule has 2 aromatic rings. The van der Waals surface area contributed by atoms with Crippen LogP contribution >= 0.6 is 0 Å². The van der Waals surface area contributed by atoms with E-state index in [0.29, 0.717) is 5.69 Å². The summed E-state index contributed by atoms with van der Waals surface area (Å²) < 4.78 is 4.83. The molecule has 0 spiro atoms. The zero-order chi connectivity index (χ0) is 13.9. The summed E-state index contributed by atoms with van der Waals surface area (Å²) in [4.78, 5) is 15.7. The molecule has 1 aromatic heterocycles. The maximum absolute atomic E-state index is 11.8. The number of carbonyl (C=O) groups is 1. The molecule has 0 aliphatic carbocycles. The smallest absolute Gasteiger partial charge is 0.230 e. The van der Waals surface area contributed by atoms with Gasteiger partial charge in [0.15, 0.2) is 6.39 Å². The summed E-state index contributed by atoms with van der Waals surface area (Å²) in [6.07, 6.45) is 3.01. The molecule has 19 heavy (non-hydrogen) atoms. The number of hydrogen-bond acceptors (Lipinski definition) is 3. The van der Waals surface area contributed by atoms with E-state index in [-0.39, 0.29) is 17.7 Å². The first-order chi connectivity index (χ1) is 8.95. The van der Waals surface area contributed by atoms with Gasteiger partial charge in [-0.1, -0.05) is 32.9 Å². The van der Waals surface area contributed by atoms with Crippen LogP contribution in [-0.4, -0.2) is 10.9 Å². The lowest BCUT2D eigenvalue weighted by atomic mass is 9.87. The van der Waals surface area contributed by atoms with Crippen molar-refractivity contribution < 1.29 is 9.21 Å². The molecule has 100 valence electrons. The molecule has 0 saturated heterocycles. The highest BCUT2D eigenvalue weighted by Crippen LogP contribution is 2.23. The van der Waals surface area contributed by atoms with Gasteiger partial charge in [-0.3, -0.25) is 4.79 Å². The largest absolute Gasteiger partial charge is 0.451 e. The molecule has 4 nitrogen and oxygen atoms in total. The minimum atomic E-state index is -0.0996. The lowest BCUT2D eigenvalue weighted by molar-refractivity contribution is -0.115. The molecule has 4 heteroatoms. The van der Waals surface area contributed by atoms with Gasteiger partial charge in [0.25, 0.3) is 0 Å². The van der Waals surface area contributed by atoms with E-state index in [1.165, 1.54) is 18.2 Å². The summed E-state index contributed by atoms with van der Waals surface area (Å²) in [6.45, 7) is 6.47. The number of hydrogen-bond donors (Lipinski definition) is 1. The number of benzene rings is 1. The molecule has 1 amide bonds. The molecule has 0 radical (unpaired) electrons. The third kappa shape index (κ3) is 3.68. The van der Waals surface area contributed by atoms with Crippen LogP contribution in [0.15, 0.2) is 41.3 Å². The zero-order valence-electron chi connectivity index (χ0n) is 11.4. The predicted octanol–water partition coefficient (Wildman–Crippen LogP) is 3.15. The molecule has 0 atom stereocenters. The van der Waals surface area contributed by atoms with Gasteiger partial charge < -0.3 is 9.73 Å². The number of nitrogens with one attached hydrogen (secondary N) is 1. The van der Waals surface area contributed by atoms with Crippen LogP contribution < -0.4 is 5.32 Å². The number of aromatic nitrogens is 1. The summed E-state index contributed by atoms with van der Waals surface area (Å²) >= 11 is 0. The maximum Gasteiger partial charge on any atom is 0.230 e. The number of anilines is 1. The van der Waals surface area contributed by atoms with Crippen molar-refractivity contribution in [1.29, 1.82) is 0 Å². The number of oxazole rings is 1. The van der Waals surface area contributed by atoms with Crippen LogP contribution in [0.5, 0.6) is 0 Å². The molecule has 0 bridgehead atoms. The van der Waals surface area contributed by atoms with Crippen molar-refractivity contribution in [3.63, 3.8) is 0 Å². The highest BCUT2D eigenvalue weighted by molar-refractivity contribution is 5.91. The molecule has 0 aliphatic heterocycles. The van der Waals surface area contributed by atoms with Gasteiger partial charge in [-0.25, -0.2) is 4.98 Å². The van der Waals surface area contributed by atoms with E-state index in [4.69, 9.17) is 4.42 Å². The van der Waals surface area contributed by atoms with Crippen LogP contribution in [-0.2, 0) is 16.6 Å². The lowest BCUT2D eigenvalue weighted by Crippen LogP contribution is -2.15. The standard InChI is InChI=1S/C15H18N2O2/c1-15(2,3)11-4-6-12(7-5-11)17-14(18)8-13-9-19-10-16-13/h4-7,9-10H,8H2,1-3H3,(H,17,18). The Morgan fingerprint density at radius 3 is 2.47 bits per heavy atom. The Balaban J connectivity index is 1.98. The molecular weight excluding hydrogens is 240 g/mol. The molecule has 0 saturated carbocycles.